The van der Waals surface area contributed by atoms with E-state index in [0.717, 1.165) is 48.3 Å². The van der Waals surface area contributed by atoms with Crippen LogP contribution in [0.3, 0.4) is 0 Å². The van der Waals surface area contributed by atoms with E-state index < -0.39 is 54.2 Å². The topological polar surface area (TPSA) is 225 Å². The fourth-order valence-electron chi connectivity index (χ4n) is 9.80. The molecule has 1 amide bonds. The zero-order chi connectivity index (χ0) is 41.7. The standard InChI is InChI=1S/C44H53N3O12/c1-25-16-33(50)31-17-28-18-35(59-56-24-44(55,40(53)37(52)34(51)23-48)19-26-6-8-30(49)9-7-26)42(2,14-10-29-20-46-41(54)43(29)12-4-3-5-13-43)58-38(28)36(39(31)57-25)47-21-27-11-15-45-32(27)22-47/h6-9,11,15-17,22,29,34-35,37,40,48-49,51-53,55H,3-5,10,12-14,18-21,23-24H2,1-2H3,(H,46,54)/p+1. The number of phenolic OH excluding ortho intramolecular Hbond substituents is 1. The predicted octanol–water partition coefficient (Wildman–Crippen LogP) is 1.73. The summed E-state index contributed by atoms with van der Waals surface area (Å²) in [5.74, 6) is 1.13. The number of quaternary nitrogens is 1. The van der Waals surface area contributed by atoms with Crippen LogP contribution in [0.4, 0.5) is 5.69 Å². The summed E-state index contributed by atoms with van der Waals surface area (Å²) in [6.45, 7) is 3.19. The molecule has 15 heteroatoms. The number of amides is 1. The van der Waals surface area contributed by atoms with E-state index in [2.05, 4.69) is 10.3 Å². The number of nitrogens with zero attached hydrogens (tertiary/aromatic N) is 1. The summed E-state index contributed by atoms with van der Waals surface area (Å²) in [4.78, 5) is 44.4. The second kappa shape index (κ2) is 16.2. The molecule has 316 valence electrons. The highest BCUT2D eigenvalue weighted by Gasteiger charge is 2.53. The number of aromatic hydroxyl groups is 1. The number of aryl methyl sites for hydroxylation is 1. The zero-order valence-electron chi connectivity index (χ0n) is 33.4. The number of carbonyl (C=O) groups excluding carboxylic acids is 1. The molecule has 1 saturated heterocycles. The van der Waals surface area contributed by atoms with Gasteiger partial charge in [-0.1, -0.05) is 31.4 Å². The van der Waals surface area contributed by atoms with E-state index in [-0.39, 0.29) is 35.8 Å². The number of ether oxygens (including phenoxy) is 1. The number of carbonyl (C=O) groups is 1. The molecule has 4 aliphatic heterocycles. The number of aliphatic imine (C=N–C) groups is 1. The van der Waals surface area contributed by atoms with Crippen molar-refractivity contribution in [3.63, 3.8) is 0 Å². The molecule has 8 N–H and O–H groups in total. The van der Waals surface area contributed by atoms with E-state index >= 15 is 0 Å². The van der Waals surface area contributed by atoms with Crippen molar-refractivity contribution in [2.45, 2.75) is 107 Å². The van der Waals surface area contributed by atoms with Crippen LogP contribution < -0.4 is 20.4 Å². The van der Waals surface area contributed by atoms with Gasteiger partial charge in [0.25, 0.3) is 0 Å². The number of hydrogen-bond donors (Lipinski definition) is 8. The Bertz CT molecular complexity index is 2230. The Kier molecular flexibility index (Phi) is 11.3. The normalized spacial score (nSPS) is 27.0. The highest BCUT2D eigenvalue weighted by molar-refractivity contribution is 5.90. The Labute approximate surface area is 341 Å². The zero-order valence-corrected chi connectivity index (χ0v) is 33.4. The van der Waals surface area contributed by atoms with Gasteiger partial charge in [-0.25, -0.2) is 9.78 Å². The minimum Gasteiger partial charge on any atom is -0.508 e. The van der Waals surface area contributed by atoms with Gasteiger partial charge in [0.2, 0.25) is 17.2 Å². The molecule has 5 heterocycles. The first-order valence-electron chi connectivity index (χ1n) is 20.6. The molecule has 59 heavy (non-hydrogen) atoms. The first kappa shape index (κ1) is 41.3. The maximum atomic E-state index is 13.6. The van der Waals surface area contributed by atoms with Crippen molar-refractivity contribution < 1.29 is 59.3 Å². The quantitative estimate of drug-likeness (QED) is 0.0861. The minimum atomic E-state index is -2.26. The van der Waals surface area contributed by atoms with E-state index in [1.807, 2.05) is 19.2 Å². The van der Waals surface area contributed by atoms with Gasteiger partial charge in [0, 0.05) is 42.8 Å². The maximum Gasteiger partial charge on any atom is 0.226 e. The van der Waals surface area contributed by atoms with Crippen molar-refractivity contribution in [2.24, 2.45) is 16.3 Å². The molecule has 5 aliphatic rings. The van der Waals surface area contributed by atoms with E-state index in [1.54, 1.807) is 19.2 Å². The van der Waals surface area contributed by atoms with Gasteiger partial charge >= 0.3 is 0 Å². The van der Waals surface area contributed by atoms with Gasteiger partial charge in [-0.15, -0.1) is 0 Å². The van der Waals surface area contributed by atoms with Crippen molar-refractivity contribution in [3.05, 3.63) is 87.1 Å². The third-order valence-corrected chi connectivity index (χ3v) is 13.3. The van der Waals surface area contributed by atoms with Crippen molar-refractivity contribution >= 4 is 28.8 Å². The third-order valence-electron chi connectivity index (χ3n) is 13.3. The Morgan fingerprint density at radius 2 is 1.86 bits per heavy atom. The Hall–Kier alpha value is -4.45. The summed E-state index contributed by atoms with van der Waals surface area (Å²) in [6, 6.07) is 9.07. The second-order valence-electron chi connectivity index (χ2n) is 17.3. The molecule has 1 spiro atoms. The molecule has 3 aromatic rings. The molecule has 2 fully saturated rings. The van der Waals surface area contributed by atoms with Crippen LogP contribution in [0.2, 0.25) is 0 Å². The lowest BCUT2D eigenvalue weighted by Gasteiger charge is -2.44. The van der Waals surface area contributed by atoms with E-state index in [9.17, 15) is 40.2 Å². The average molecular weight is 817 g/mol. The second-order valence-corrected chi connectivity index (χ2v) is 17.3. The molecule has 8 atom stereocenters. The summed E-state index contributed by atoms with van der Waals surface area (Å²) in [7, 11) is 0. The van der Waals surface area contributed by atoms with Crippen LogP contribution in [-0.2, 0) is 27.4 Å². The molecule has 1 aliphatic carbocycles. The largest absolute Gasteiger partial charge is 0.508 e. The first-order valence-corrected chi connectivity index (χ1v) is 20.6. The first-order chi connectivity index (χ1) is 28.2. The monoisotopic (exact) mass is 816 g/mol. The number of aliphatic hydroxyl groups is 5. The van der Waals surface area contributed by atoms with Gasteiger partial charge in [0.05, 0.1) is 17.4 Å². The fourth-order valence-corrected chi connectivity index (χ4v) is 9.80. The lowest BCUT2D eigenvalue weighted by Crippen LogP contribution is -3.01. The van der Waals surface area contributed by atoms with Gasteiger partial charge in [-0.3, -0.25) is 19.5 Å². The summed E-state index contributed by atoms with van der Waals surface area (Å²) in [5.41, 5.74) is 0.0419. The summed E-state index contributed by atoms with van der Waals surface area (Å²) in [5, 5.41) is 67.0. The van der Waals surface area contributed by atoms with E-state index in [0.29, 0.717) is 65.2 Å². The molecule has 15 nitrogen and oxygen atoms in total. The fraction of sp³-hybridized carbons (Fsp3) is 0.523. The number of phenols is 1. The van der Waals surface area contributed by atoms with Crippen molar-refractivity contribution in [1.82, 2.24) is 5.32 Å². The van der Waals surface area contributed by atoms with Crippen molar-refractivity contribution in [2.75, 3.05) is 26.3 Å². The van der Waals surface area contributed by atoms with E-state index in [4.69, 9.17) is 18.9 Å². The molecule has 0 radical (unpaired) electrons. The third kappa shape index (κ3) is 7.74. The number of rotatable bonds is 14. The predicted molar refractivity (Wildman–Crippen MR) is 214 cm³/mol. The number of fused-ring (bicyclic) bond motifs is 3. The van der Waals surface area contributed by atoms with Crippen LogP contribution in [0.5, 0.6) is 11.5 Å². The van der Waals surface area contributed by atoms with Gasteiger partial charge in [-0.05, 0) is 75.3 Å². The van der Waals surface area contributed by atoms with Crippen molar-refractivity contribution in [3.8, 4) is 11.5 Å². The van der Waals surface area contributed by atoms with Crippen molar-refractivity contribution in [1.29, 1.82) is 0 Å². The Morgan fingerprint density at radius 1 is 1.10 bits per heavy atom. The number of allylic oxidation sites excluding steroid dienone is 1. The number of nitrogens with one attached hydrogen (secondary N) is 2. The molecule has 0 bridgehead atoms. The number of aliphatic hydroxyl groups excluding tert-OH is 4. The Balaban J connectivity index is 1.15. The van der Waals surface area contributed by atoms with Gasteiger partial charge < -0.3 is 45.1 Å². The SMILES string of the molecule is Cc1cc(=O)c2cc3c(c([NH+]4C=C5N=CC=C5C4)c2o1)OC(C)(CCC1CNC(=O)C12CCCCC2)C(OOCC(O)(Cc1ccc(O)cc1)C(O)C(O)C(O)CO)C3. The molecular formula is C44H54N3O12+. The lowest BCUT2D eigenvalue weighted by atomic mass is 9.65. The maximum absolute atomic E-state index is 13.6. The molecule has 1 aromatic heterocycles. The van der Waals surface area contributed by atoms with Crippen LogP contribution in [0.15, 0.2) is 74.1 Å². The minimum absolute atomic E-state index is 0.0163. The molecule has 8 rings (SSSR count). The average Bonchev–Trinajstić information content (AvgIpc) is 3.91. The van der Waals surface area contributed by atoms with Gasteiger partial charge in [-0.2, -0.15) is 0 Å². The van der Waals surface area contributed by atoms with Crippen LogP contribution in [0, 0.1) is 18.3 Å². The van der Waals surface area contributed by atoms with Crippen LogP contribution >= 0.6 is 0 Å². The van der Waals surface area contributed by atoms with Gasteiger partial charge in [0.1, 0.15) is 72.2 Å². The van der Waals surface area contributed by atoms with Crippen LogP contribution in [0.1, 0.15) is 68.8 Å². The summed E-state index contributed by atoms with van der Waals surface area (Å²) >= 11 is 0. The lowest BCUT2D eigenvalue weighted by molar-refractivity contribution is -0.763. The highest BCUT2D eigenvalue weighted by atomic mass is 17.2. The smallest absolute Gasteiger partial charge is 0.226 e. The highest BCUT2D eigenvalue weighted by Crippen LogP contribution is 2.50. The molecule has 1 saturated carbocycles. The number of hydrogen-bond acceptors (Lipinski definition) is 13. The molecule has 8 unspecified atom stereocenters. The molecular weight excluding hydrogens is 762 g/mol. The van der Waals surface area contributed by atoms with E-state index in [1.165, 1.54) is 30.3 Å². The Morgan fingerprint density at radius 3 is 2.59 bits per heavy atom. The van der Waals surface area contributed by atoms with Crippen LogP contribution in [0.25, 0.3) is 11.0 Å². The molecule has 2 aromatic carbocycles. The summed E-state index contributed by atoms with van der Waals surface area (Å²) < 4.78 is 13.5. The number of benzene rings is 2. The summed E-state index contributed by atoms with van der Waals surface area (Å²) in [6.07, 6.45) is 4.82. The van der Waals surface area contributed by atoms with Gasteiger partial charge in [0.15, 0.2) is 11.2 Å². The van der Waals surface area contributed by atoms with Crippen LogP contribution in [-0.4, -0.2) is 105 Å².